The Morgan fingerprint density at radius 1 is 1.21 bits per heavy atom. The van der Waals surface area contributed by atoms with E-state index in [2.05, 4.69) is 20.8 Å². The van der Waals surface area contributed by atoms with Crippen molar-refractivity contribution in [1.29, 1.82) is 0 Å². The molecule has 1 fully saturated rings. The minimum Gasteiger partial charge on any atom is -0.481 e. The van der Waals surface area contributed by atoms with Gasteiger partial charge in [0.05, 0.1) is 12.2 Å². The monoisotopic (exact) mass is 394 g/mol. The molecule has 28 heavy (non-hydrogen) atoms. The molecular weight excluding hydrogens is 356 g/mol. The van der Waals surface area contributed by atoms with E-state index in [0.29, 0.717) is 37.5 Å². The van der Waals surface area contributed by atoms with Gasteiger partial charge in [0.2, 0.25) is 0 Å². The SMILES string of the molecule is CCC(C)C(C)CCC(O)/C=C/C1C(O)CC(=O)C1C/C=C/CCCC(=O)O. The number of aliphatic hydroxyl groups is 2. The second-order valence-electron chi connectivity index (χ2n) is 8.31. The lowest BCUT2D eigenvalue weighted by Gasteiger charge is -2.19. The average Bonchev–Trinajstić information content (AvgIpc) is 2.92. The van der Waals surface area contributed by atoms with Gasteiger partial charge >= 0.3 is 5.97 Å². The second kappa shape index (κ2) is 12.9. The van der Waals surface area contributed by atoms with Crippen LogP contribution in [0.15, 0.2) is 24.3 Å². The molecule has 0 heterocycles. The Kier molecular flexibility index (Phi) is 11.3. The Morgan fingerprint density at radius 3 is 2.57 bits per heavy atom. The number of carbonyl (C=O) groups is 2. The Morgan fingerprint density at radius 2 is 1.93 bits per heavy atom. The van der Waals surface area contributed by atoms with Crippen molar-refractivity contribution in [2.24, 2.45) is 23.7 Å². The van der Waals surface area contributed by atoms with E-state index in [1.54, 1.807) is 6.08 Å². The first-order valence-electron chi connectivity index (χ1n) is 10.7. The van der Waals surface area contributed by atoms with E-state index in [1.807, 2.05) is 18.2 Å². The predicted octanol–water partition coefficient (Wildman–Crippen LogP) is 4.13. The fourth-order valence-electron chi connectivity index (χ4n) is 3.73. The third-order valence-corrected chi connectivity index (χ3v) is 6.14. The Balaban J connectivity index is 2.51. The Hall–Kier alpha value is -1.46. The van der Waals surface area contributed by atoms with Gasteiger partial charge in [-0.3, -0.25) is 9.59 Å². The van der Waals surface area contributed by atoms with Crippen LogP contribution in [0.4, 0.5) is 0 Å². The molecule has 3 N–H and O–H groups in total. The summed E-state index contributed by atoms with van der Waals surface area (Å²) in [7, 11) is 0. The van der Waals surface area contributed by atoms with Crippen molar-refractivity contribution >= 4 is 11.8 Å². The summed E-state index contributed by atoms with van der Waals surface area (Å²) in [6.45, 7) is 6.62. The number of carbonyl (C=O) groups excluding carboxylic acids is 1. The molecule has 6 unspecified atom stereocenters. The van der Waals surface area contributed by atoms with Gasteiger partial charge in [0.25, 0.3) is 0 Å². The highest BCUT2D eigenvalue weighted by atomic mass is 16.4. The highest BCUT2D eigenvalue weighted by Gasteiger charge is 2.39. The molecule has 1 aliphatic rings. The lowest BCUT2D eigenvalue weighted by atomic mass is 9.88. The van der Waals surface area contributed by atoms with Crippen LogP contribution in [0.5, 0.6) is 0 Å². The molecule has 5 nitrogen and oxygen atoms in total. The van der Waals surface area contributed by atoms with Crippen LogP contribution in [0.2, 0.25) is 0 Å². The van der Waals surface area contributed by atoms with Gasteiger partial charge in [0.1, 0.15) is 5.78 Å². The molecule has 0 aromatic heterocycles. The third-order valence-electron chi connectivity index (χ3n) is 6.14. The largest absolute Gasteiger partial charge is 0.481 e. The number of aliphatic carboxylic acids is 1. The molecule has 0 radical (unpaired) electrons. The van der Waals surface area contributed by atoms with Gasteiger partial charge in [-0.2, -0.15) is 0 Å². The van der Waals surface area contributed by atoms with E-state index in [-0.39, 0.29) is 30.5 Å². The lowest BCUT2D eigenvalue weighted by molar-refractivity contribution is -0.137. The van der Waals surface area contributed by atoms with Crippen LogP contribution >= 0.6 is 0 Å². The first-order chi connectivity index (χ1) is 13.3. The fraction of sp³-hybridized carbons (Fsp3) is 0.739. The van der Waals surface area contributed by atoms with Gasteiger partial charge in [-0.25, -0.2) is 0 Å². The van der Waals surface area contributed by atoms with Crippen LogP contribution in [0.3, 0.4) is 0 Å². The first kappa shape index (κ1) is 24.6. The first-order valence-corrected chi connectivity index (χ1v) is 10.7. The predicted molar refractivity (Wildman–Crippen MR) is 111 cm³/mol. The third kappa shape index (κ3) is 8.70. The van der Waals surface area contributed by atoms with Gasteiger partial charge in [-0.1, -0.05) is 51.5 Å². The summed E-state index contributed by atoms with van der Waals surface area (Å²) in [5.41, 5.74) is 0. The van der Waals surface area contributed by atoms with E-state index in [0.717, 1.165) is 12.8 Å². The molecule has 160 valence electrons. The number of hydrogen-bond donors (Lipinski definition) is 3. The quantitative estimate of drug-likeness (QED) is 0.322. The van der Waals surface area contributed by atoms with Crippen molar-refractivity contribution in [3.63, 3.8) is 0 Å². The van der Waals surface area contributed by atoms with Crippen molar-refractivity contribution < 1.29 is 24.9 Å². The number of allylic oxidation sites excluding steroid dienone is 2. The Bertz CT molecular complexity index is 539. The van der Waals surface area contributed by atoms with Gasteiger partial charge < -0.3 is 15.3 Å². The summed E-state index contributed by atoms with van der Waals surface area (Å²) < 4.78 is 0. The summed E-state index contributed by atoms with van der Waals surface area (Å²) >= 11 is 0. The van der Waals surface area contributed by atoms with Crippen molar-refractivity contribution in [3.8, 4) is 0 Å². The molecule has 1 aliphatic carbocycles. The number of aliphatic hydroxyl groups excluding tert-OH is 2. The number of rotatable bonds is 13. The summed E-state index contributed by atoms with van der Waals surface area (Å²) in [6.07, 6.45) is 11.0. The van der Waals surface area contributed by atoms with E-state index in [1.165, 1.54) is 0 Å². The molecule has 1 rings (SSSR count). The molecule has 6 atom stereocenters. The van der Waals surface area contributed by atoms with Crippen LogP contribution in [-0.4, -0.2) is 39.3 Å². The Labute approximate surface area is 169 Å². The minimum atomic E-state index is -0.801. The molecule has 1 saturated carbocycles. The molecule has 0 aromatic rings. The zero-order valence-corrected chi connectivity index (χ0v) is 17.6. The number of Topliss-reactive ketones (excluding diaryl/α,β-unsaturated/α-hetero) is 1. The molecule has 0 saturated heterocycles. The number of carboxylic acids is 1. The maximum Gasteiger partial charge on any atom is 0.303 e. The van der Waals surface area contributed by atoms with Crippen molar-refractivity contribution in [3.05, 3.63) is 24.3 Å². The standard InChI is InChI=1S/C23H38O5/c1-4-16(2)17(3)11-12-18(24)13-14-20-19(21(25)15-22(20)26)9-7-5-6-8-10-23(27)28/h5,7,13-14,16-20,22,24,26H,4,6,8-12,15H2,1-3H3,(H,27,28)/b7-5+,14-13+. The van der Waals surface area contributed by atoms with Crippen molar-refractivity contribution in [1.82, 2.24) is 0 Å². The van der Waals surface area contributed by atoms with Gasteiger partial charge in [0, 0.05) is 24.7 Å². The summed E-state index contributed by atoms with van der Waals surface area (Å²) in [5, 5.41) is 29.1. The van der Waals surface area contributed by atoms with E-state index in [4.69, 9.17) is 5.11 Å². The maximum atomic E-state index is 12.2. The molecule has 5 heteroatoms. The molecule has 0 aromatic carbocycles. The van der Waals surface area contributed by atoms with Gasteiger partial charge in [-0.15, -0.1) is 0 Å². The number of ketones is 1. The summed E-state index contributed by atoms with van der Waals surface area (Å²) in [5.74, 6) is -0.0872. The number of unbranched alkanes of at least 4 members (excludes halogenated alkanes) is 1. The summed E-state index contributed by atoms with van der Waals surface area (Å²) in [6, 6.07) is 0. The average molecular weight is 395 g/mol. The smallest absolute Gasteiger partial charge is 0.303 e. The van der Waals surface area contributed by atoms with Crippen LogP contribution in [0, 0.1) is 23.7 Å². The van der Waals surface area contributed by atoms with E-state index >= 15 is 0 Å². The van der Waals surface area contributed by atoms with Crippen molar-refractivity contribution in [2.45, 2.75) is 84.3 Å². The highest BCUT2D eigenvalue weighted by molar-refractivity contribution is 5.84. The van der Waals surface area contributed by atoms with Crippen LogP contribution in [0.1, 0.15) is 72.1 Å². The molecular formula is C23H38O5. The lowest BCUT2D eigenvalue weighted by Crippen LogP contribution is -2.19. The number of carboxylic acid groups (broad SMARTS) is 1. The zero-order chi connectivity index (χ0) is 21.1. The minimum absolute atomic E-state index is 0.0530. The molecule has 0 amide bonds. The molecule has 0 aliphatic heterocycles. The van der Waals surface area contributed by atoms with E-state index in [9.17, 15) is 19.8 Å². The van der Waals surface area contributed by atoms with Gasteiger partial charge in [-0.05, 0) is 43.9 Å². The zero-order valence-electron chi connectivity index (χ0n) is 17.6. The molecule has 0 bridgehead atoms. The highest BCUT2D eigenvalue weighted by Crippen LogP contribution is 2.33. The van der Waals surface area contributed by atoms with Crippen molar-refractivity contribution in [2.75, 3.05) is 0 Å². The van der Waals surface area contributed by atoms with Crippen LogP contribution < -0.4 is 0 Å². The number of hydrogen-bond acceptors (Lipinski definition) is 4. The van der Waals surface area contributed by atoms with E-state index < -0.39 is 18.2 Å². The fourth-order valence-corrected chi connectivity index (χ4v) is 3.73. The molecule has 0 spiro atoms. The summed E-state index contributed by atoms with van der Waals surface area (Å²) in [4.78, 5) is 22.7. The normalized spacial score (nSPS) is 26.2. The second-order valence-corrected chi connectivity index (χ2v) is 8.31. The topological polar surface area (TPSA) is 94.8 Å². The van der Waals surface area contributed by atoms with Gasteiger partial charge in [0.15, 0.2) is 0 Å². The van der Waals surface area contributed by atoms with Crippen LogP contribution in [-0.2, 0) is 9.59 Å². The van der Waals surface area contributed by atoms with Crippen LogP contribution in [0.25, 0.3) is 0 Å². The maximum absolute atomic E-state index is 12.2.